The van der Waals surface area contributed by atoms with E-state index in [4.69, 9.17) is 0 Å². The van der Waals surface area contributed by atoms with E-state index in [1.165, 1.54) is 24.3 Å². The summed E-state index contributed by atoms with van der Waals surface area (Å²) in [6, 6.07) is 5.19. The lowest BCUT2D eigenvalue weighted by atomic mass is 9.89. The standard InChI is InChI=1S/C16H15FN4O3/c1-8-19-10(5-14(22)20-8)7-18-16(24)12-6-15(23)21-13-3-2-9(17)4-11(12)13/h2-5,12H,6-7H2,1H3,(H,18,24)(H,21,23)(H,19,20,22). The Labute approximate surface area is 136 Å². The lowest BCUT2D eigenvalue weighted by molar-refractivity contribution is -0.126. The summed E-state index contributed by atoms with van der Waals surface area (Å²) >= 11 is 0. The maximum absolute atomic E-state index is 13.5. The first-order valence-electron chi connectivity index (χ1n) is 7.36. The predicted molar refractivity (Wildman–Crippen MR) is 83.8 cm³/mol. The quantitative estimate of drug-likeness (QED) is 0.780. The van der Waals surface area contributed by atoms with Crippen LogP contribution in [0, 0.1) is 12.7 Å². The zero-order valence-corrected chi connectivity index (χ0v) is 12.9. The van der Waals surface area contributed by atoms with Crippen LogP contribution in [0.1, 0.15) is 29.4 Å². The molecule has 0 fully saturated rings. The molecule has 0 bridgehead atoms. The van der Waals surface area contributed by atoms with E-state index in [9.17, 15) is 18.8 Å². The average Bonchev–Trinajstić information content (AvgIpc) is 2.51. The van der Waals surface area contributed by atoms with Crippen LogP contribution < -0.4 is 16.2 Å². The molecule has 7 nitrogen and oxygen atoms in total. The molecule has 8 heteroatoms. The van der Waals surface area contributed by atoms with Crippen molar-refractivity contribution in [3.05, 3.63) is 57.5 Å². The molecule has 2 heterocycles. The van der Waals surface area contributed by atoms with Crippen LogP contribution in [-0.4, -0.2) is 21.8 Å². The Morgan fingerprint density at radius 2 is 2.17 bits per heavy atom. The number of rotatable bonds is 3. The molecule has 1 atom stereocenters. The normalized spacial score (nSPS) is 16.2. The van der Waals surface area contributed by atoms with Gasteiger partial charge in [-0.1, -0.05) is 0 Å². The Kier molecular flexibility index (Phi) is 4.11. The van der Waals surface area contributed by atoms with Crippen molar-refractivity contribution in [2.45, 2.75) is 25.8 Å². The smallest absolute Gasteiger partial charge is 0.251 e. The molecule has 1 aromatic heterocycles. The van der Waals surface area contributed by atoms with Gasteiger partial charge in [-0.15, -0.1) is 0 Å². The van der Waals surface area contributed by atoms with Gasteiger partial charge in [0, 0.05) is 18.2 Å². The summed E-state index contributed by atoms with van der Waals surface area (Å²) in [5.74, 6) is -1.55. The number of amides is 2. The van der Waals surface area contributed by atoms with Crippen molar-refractivity contribution in [1.29, 1.82) is 0 Å². The van der Waals surface area contributed by atoms with Gasteiger partial charge < -0.3 is 15.6 Å². The minimum absolute atomic E-state index is 0.0480. The molecule has 1 aliphatic heterocycles. The Hall–Kier alpha value is -3.03. The molecule has 3 N–H and O–H groups in total. The molecule has 2 aromatic rings. The molecule has 0 saturated heterocycles. The van der Waals surface area contributed by atoms with E-state index in [2.05, 4.69) is 20.6 Å². The molecule has 1 unspecified atom stereocenters. The van der Waals surface area contributed by atoms with E-state index in [0.29, 0.717) is 22.8 Å². The van der Waals surface area contributed by atoms with Gasteiger partial charge in [-0.05, 0) is 30.7 Å². The van der Waals surface area contributed by atoms with E-state index >= 15 is 0 Å². The molecular formula is C16H15FN4O3. The van der Waals surface area contributed by atoms with Crippen molar-refractivity contribution >= 4 is 17.5 Å². The van der Waals surface area contributed by atoms with Crippen molar-refractivity contribution < 1.29 is 14.0 Å². The number of anilines is 1. The highest BCUT2D eigenvalue weighted by Crippen LogP contribution is 2.32. The van der Waals surface area contributed by atoms with Gasteiger partial charge in [-0.3, -0.25) is 14.4 Å². The fourth-order valence-corrected chi connectivity index (χ4v) is 2.70. The first kappa shape index (κ1) is 15.9. The van der Waals surface area contributed by atoms with Gasteiger partial charge in [0.2, 0.25) is 11.8 Å². The lowest BCUT2D eigenvalue weighted by Gasteiger charge is -2.24. The van der Waals surface area contributed by atoms with Gasteiger partial charge in [0.25, 0.3) is 5.56 Å². The van der Waals surface area contributed by atoms with E-state index < -0.39 is 17.6 Å². The third-order valence-electron chi connectivity index (χ3n) is 3.73. The number of nitrogens with one attached hydrogen (secondary N) is 3. The fourth-order valence-electron chi connectivity index (χ4n) is 2.70. The van der Waals surface area contributed by atoms with Crippen LogP contribution in [0.25, 0.3) is 0 Å². The van der Waals surface area contributed by atoms with Crippen LogP contribution in [0.5, 0.6) is 0 Å². The SMILES string of the molecule is Cc1nc(CNC(=O)C2CC(=O)Nc3ccc(F)cc32)cc(=O)[nH]1. The second-order valence-corrected chi connectivity index (χ2v) is 5.58. The number of aryl methyl sites for hydroxylation is 1. The van der Waals surface area contributed by atoms with Crippen molar-refractivity contribution in [2.75, 3.05) is 5.32 Å². The number of halogens is 1. The minimum Gasteiger partial charge on any atom is -0.350 e. The van der Waals surface area contributed by atoms with Gasteiger partial charge in [0.1, 0.15) is 11.6 Å². The molecule has 0 saturated carbocycles. The first-order chi connectivity index (χ1) is 11.4. The van der Waals surface area contributed by atoms with Gasteiger partial charge >= 0.3 is 0 Å². The monoisotopic (exact) mass is 330 g/mol. The van der Waals surface area contributed by atoms with Crippen LogP contribution >= 0.6 is 0 Å². The third-order valence-corrected chi connectivity index (χ3v) is 3.73. The highest BCUT2D eigenvalue weighted by Gasteiger charge is 2.30. The van der Waals surface area contributed by atoms with Crippen LogP contribution in [0.4, 0.5) is 10.1 Å². The number of aromatic nitrogens is 2. The molecule has 2 amide bonds. The molecule has 1 aliphatic rings. The Morgan fingerprint density at radius 3 is 2.92 bits per heavy atom. The molecule has 3 rings (SSSR count). The van der Waals surface area contributed by atoms with Gasteiger partial charge in [-0.25, -0.2) is 9.37 Å². The summed E-state index contributed by atoms with van der Waals surface area (Å²) in [6.07, 6.45) is -0.0654. The number of carbonyl (C=O) groups excluding carboxylic acids is 2. The van der Waals surface area contributed by atoms with Crippen molar-refractivity contribution in [3.8, 4) is 0 Å². The highest BCUT2D eigenvalue weighted by molar-refractivity contribution is 6.01. The Morgan fingerprint density at radius 1 is 1.38 bits per heavy atom. The number of carbonyl (C=O) groups is 2. The Bertz CT molecular complexity index is 878. The van der Waals surface area contributed by atoms with E-state index in [1.807, 2.05) is 0 Å². The summed E-state index contributed by atoms with van der Waals surface area (Å²) in [5, 5.41) is 5.26. The zero-order valence-electron chi connectivity index (χ0n) is 12.9. The summed E-state index contributed by atoms with van der Waals surface area (Å²) in [4.78, 5) is 42.2. The first-order valence-corrected chi connectivity index (χ1v) is 7.36. The van der Waals surface area contributed by atoms with Gasteiger partial charge in [-0.2, -0.15) is 0 Å². The largest absolute Gasteiger partial charge is 0.350 e. The topological polar surface area (TPSA) is 104 Å². The van der Waals surface area contributed by atoms with Crippen LogP contribution in [0.15, 0.2) is 29.1 Å². The van der Waals surface area contributed by atoms with Gasteiger partial charge in [0.15, 0.2) is 0 Å². The molecule has 0 aliphatic carbocycles. The molecule has 1 aromatic carbocycles. The predicted octanol–water partition coefficient (Wildman–Crippen LogP) is 0.960. The van der Waals surface area contributed by atoms with Crippen molar-refractivity contribution in [1.82, 2.24) is 15.3 Å². The minimum atomic E-state index is -0.785. The lowest BCUT2D eigenvalue weighted by Crippen LogP contribution is -2.35. The van der Waals surface area contributed by atoms with E-state index in [-0.39, 0.29) is 24.4 Å². The van der Waals surface area contributed by atoms with E-state index in [0.717, 1.165) is 0 Å². The maximum Gasteiger partial charge on any atom is 0.251 e. The molecule has 24 heavy (non-hydrogen) atoms. The number of hydrogen-bond acceptors (Lipinski definition) is 4. The van der Waals surface area contributed by atoms with Crippen molar-refractivity contribution in [2.24, 2.45) is 0 Å². The summed E-state index contributed by atoms with van der Waals surface area (Å²) in [6.45, 7) is 1.68. The summed E-state index contributed by atoms with van der Waals surface area (Å²) in [7, 11) is 0. The van der Waals surface area contributed by atoms with E-state index in [1.54, 1.807) is 6.92 Å². The van der Waals surface area contributed by atoms with Gasteiger partial charge in [0.05, 0.1) is 18.2 Å². The van der Waals surface area contributed by atoms with Crippen LogP contribution in [0.2, 0.25) is 0 Å². The second kappa shape index (κ2) is 6.23. The van der Waals surface area contributed by atoms with Crippen LogP contribution in [-0.2, 0) is 16.1 Å². The molecular weight excluding hydrogens is 315 g/mol. The number of benzene rings is 1. The second-order valence-electron chi connectivity index (χ2n) is 5.58. The Balaban J connectivity index is 1.79. The average molecular weight is 330 g/mol. The molecule has 0 spiro atoms. The van der Waals surface area contributed by atoms with Crippen molar-refractivity contribution in [3.63, 3.8) is 0 Å². The number of fused-ring (bicyclic) bond motifs is 1. The highest BCUT2D eigenvalue weighted by atomic mass is 19.1. The molecule has 124 valence electrons. The van der Waals surface area contributed by atoms with Crippen LogP contribution in [0.3, 0.4) is 0 Å². The summed E-state index contributed by atoms with van der Waals surface area (Å²) < 4.78 is 13.5. The maximum atomic E-state index is 13.5. The summed E-state index contributed by atoms with van der Waals surface area (Å²) in [5.41, 5.74) is 0.959. The molecule has 0 radical (unpaired) electrons. The number of hydrogen-bond donors (Lipinski definition) is 3. The number of H-pyrrole nitrogens is 1. The third kappa shape index (κ3) is 3.32. The zero-order chi connectivity index (χ0) is 17.3. The number of nitrogens with zero attached hydrogens (tertiary/aromatic N) is 1. The number of aromatic amines is 1. The fraction of sp³-hybridized carbons (Fsp3) is 0.250.